The number of hydrogen-bond acceptors (Lipinski definition) is 5. The zero-order chi connectivity index (χ0) is 21.6. The fourth-order valence-electron chi connectivity index (χ4n) is 2.88. The smallest absolute Gasteiger partial charge is 0.248 e. The maximum Gasteiger partial charge on any atom is 0.248 e. The third-order valence-corrected chi connectivity index (χ3v) is 4.70. The van der Waals surface area contributed by atoms with E-state index in [4.69, 9.17) is 11.6 Å². The molecule has 7 nitrogen and oxygen atoms in total. The van der Waals surface area contributed by atoms with E-state index in [0.717, 1.165) is 22.9 Å². The van der Waals surface area contributed by atoms with Gasteiger partial charge in [0.1, 0.15) is 23.8 Å². The summed E-state index contributed by atoms with van der Waals surface area (Å²) >= 11 is 5.86. The molecule has 0 saturated carbocycles. The van der Waals surface area contributed by atoms with Crippen molar-refractivity contribution in [3.05, 3.63) is 95.8 Å². The Morgan fingerprint density at radius 2 is 1.74 bits per heavy atom. The van der Waals surface area contributed by atoms with Crippen LogP contribution < -0.4 is 10.6 Å². The third-order valence-electron chi connectivity index (χ3n) is 4.45. The number of anilines is 3. The lowest BCUT2D eigenvalue weighted by Gasteiger charge is -2.09. The highest BCUT2D eigenvalue weighted by molar-refractivity contribution is 6.30. The number of rotatable bonds is 6. The van der Waals surface area contributed by atoms with Gasteiger partial charge in [0, 0.05) is 40.9 Å². The van der Waals surface area contributed by atoms with Crippen molar-refractivity contribution in [3.8, 4) is 5.82 Å². The summed E-state index contributed by atoms with van der Waals surface area (Å²) in [5, 5.41) is 6.73. The minimum Gasteiger partial charge on any atom is -0.340 e. The summed E-state index contributed by atoms with van der Waals surface area (Å²) in [7, 11) is 0. The predicted molar refractivity (Wildman–Crippen MR) is 123 cm³/mol. The van der Waals surface area contributed by atoms with E-state index in [2.05, 4.69) is 25.6 Å². The van der Waals surface area contributed by atoms with E-state index in [9.17, 15) is 4.79 Å². The molecule has 0 fully saturated rings. The van der Waals surface area contributed by atoms with Crippen molar-refractivity contribution >= 4 is 40.8 Å². The fraction of sp³-hybridized carbons (Fsp3) is 0.0435. The van der Waals surface area contributed by atoms with E-state index < -0.39 is 0 Å². The van der Waals surface area contributed by atoms with Crippen LogP contribution in [0.5, 0.6) is 0 Å². The third kappa shape index (κ3) is 5.34. The van der Waals surface area contributed by atoms with Crippen molar-refractivity contribution in [2.24, 2.45) is 0 Å². The number of imidazole rings is 1. The molecule has 8 heteroatoms. The van der Waals surface area contributed by atoms with E-state index in [1.165, 1.54) is 12.4 Å². The summed E-state index contributed by atoms with van der Waals surface area (Å²) in [4.78, 5) is 24.9. The Kier molecular flexibility index (Phi) is 6.05. The van der Waals surface area contributed by atoms with Crippen molar-refractivity contribution in [2.45, 2.75) is 6.92 Å². The molecule has 1 amide bonds. The van der Waals surface area contributed by atoms with Crippen LogP contribution in [0.4, 0.5) is 17.2 Å². The van der Waals surface area contributed by atoms with Gasteiger partial charge in [0.2, 0.25) is 5.91 Å². The van der Waals surface area contributed by atoms with Crippen molar-refractivity contribution in [1.29, 1.82) is 0 Å². The van der Waals surface area contributed by atoms with Gasteiger partial charge in [-0.05, 0) is 55.0 Å². The second kappa shape index (κ2) is 9.23. The number of carbonyl (C=O) groups is 1. The number of nitrogens with zero attached hydrogens (tertiary/aromatic N) is 4. The molecule has 0 aliphatic carbocycles. The summed E-state index contributed by atoms with van der Waals surface area (Å²) in [6.45, 7) is 1.91. The van der Waals surface area contributed by atoms with Gasteiger partial charge in [-0.1, -0.05) is 23.7 Å². The van der Waals surface area contributed by atoms with Crippen molar-refractivity contribution < 1.29 is 4.79 Å². The van der Waals surface area contributed by atoms with Gasteiger partial charge in [-0.3, -0.25) is 9.36 Å². The first-order valence-electron chi connectivity index (χ1n) is 9.51. The van der Waals surface area contributed by atoms with Crippen LogP contribution in [0.25, 0.3) is 11.9 Å². The van der Waals surface area contributed by atoms with E-state index in [1.54, 1.807) is 24.4 Å². The van der Waals surface area contributed by atoms with Crippen LogP contribution in [-0.4, -0.2) is 25.4 Å². The van der Waals surface area contributed by atoms with Crippen LogP contribution in [0.15, 0.2) is 79.4 Å². The predicted octanol–water partition coefficient (Wildman–Crippen LogP) is 5.02. The average molecular weight is 431 g/mol. The standard InChI is InChI=1S/C23H19ClN6O/c1-16-25-12-13-30(16)22-14-21(26-15-27-22)28-19-7-9-20(10-8-19)29-23(31)11-4-17-2-5-18(24)6-3-17/h2-15H,1H3,(H,29,31)(H,26,27,28)/b11-4+. The summed E-state index contributed by atoms with van der Waals surface area (Å²) < 4.78 is 1.88. The molecule has 2 aromatic heterocycles. The molecule has 4 rings (SSSR count). The highest BCUT2D eigenvalue weighted by atomic mass is 35.5. The first-order valence-corrected chi connectivity index (χ1v) is 9.89. The Bertz CT molecular complexity index is 1220. The Labute approximate surface area is 184 Å². The molecule has 0 aliphatic heterocycles. The molecule has 4 aromatic rings. The van der Waals surface area contributed by atoms with Crippen LogP contribution in [0.3, 0.4) is 0 Å². The largest absolute Gasteiger partial charge is 0.340 e. The molecular formula is C23H19ClN6O. The zero-order valence-electron chi connectivity index (χ0n) is 16.7. The van der Waals surface area contributed by atoms with Crippen molar-refractivity contribution in [1.82, 2.24) is 19.5 Å². The topological polar surface area (TPSA) is 84.7 Å². The maximum absolute atomic E-state index is 12.1. The van der Waals surface area contributed by atoms with Crippen LogP contribution in [0.1, 0.15) is 11.4 Å². The van der Waals surface area contributed by atoms with Gasteiger partial charge in [0.25, 0.3) is 0 Å². The van der Waals surface area contributed by atoms with Crippen LogP contribution in [0.2, 0.25) is 5.02 Å². The van der Waals surface area contributed by atoms with Crippen molar-refractivity contribution in [2.75, 3.05) is 10.6 Å². The summed E-state index contributed by atoms with van der Waals surface area (Å²) in [5.41, 5.74) is 2.42. The molecule has 2 heterocycles. The summed E-state index contributed by atoms with van der Waals surface area (Å²) in [6.07, 6.45) is 8.29. The lowest BCUT2D eigenvalue weighted by atomic mass is 10.2. The molecule has 0 aliphatic rings. The molecule has 31 heavy (non-hydrogen) atoms. The zero-order valence-corrected chi connectivity index (χ0v) is 17.4. The Hall–Kier alpha value is -3.97. The molecule has 0 saturated heterocycles. The number of carbonyl (C=O) groups excluding carboxylic acids is 1. The quantitative estimate of drug-likeness (QED) is 0.419. The number of amides is 1. The van der Waals surface area contributed by atoms with Crippen LogP contribution in [0, 0.1) is 6.92 Å². The van der Waals surface area contributed by atoms with Gasteiger partial charge in [-0.15, -0.1) is 0 Å². The Morgan fingerprint density at radius 1 is 1.00 bits per heavy atom. The number of hydrogen-bond donors (Lipinski definition) is 2. The SMILES string of the molecule is Cc1nccn1-c1cc(Nc2ccc(NC(=O)/C=C/c3ccc(Cl)cc3)cc2)ncn1. The first kappa shape index (κ1) is 20.3. The number of benzene rings is 2. The van der Waals surface area contributed by atoms with Crippen LogP contribution in [-0.2, 0) is 4.79 Å². The Morgan fingerprint density at radius 3 is 2.45 bits per heavy atom. The second-order valence-corrected chi connectivity index (χ2v) is 7.12. The highest BCUT2D eigenvalue weighted by Crippen LogP contribution is 2.19. The lowest BCUT2D eigenvalue weighted by Crippen LogP contribution is -2.07. The number of aryl methyl sites for hydroxylation is 1. The maximum atomic E-state index is 12.1. The minimum atomic E-state index is -0.216. The molecule has 0 bridgehead atoms. The summed E-state index contributed by atoms with van der Waals surface area (Å²) in [5.74, 6) is 2.01. The first-order chi connectivity index (χ1) is 15.1. The number of aromatic nitrogens is 4. The monoisotopic (exact) mass is 430 g/mol. The molecule has 0 atom stereocenters. The van der Waals surface area contributed by atoms with E-state index in [-0.39, 0.29) is 5.91 Å². The molecule has 154 valence electrons. The fourth-order valence-corrected chi connectivity index (χ4v) is 3.01. The van der Waals surface area contributed by atoms with Gasteiger partial charge in [-0.25, -0.2) is 15.0 Å². The normalized spacial score (nSPS) is 10.9. The van der Waals surface area contributed by atoms with E-state index >= 15 is 0 Å². The lowest BCUT2D eigenvalue weighted by molar-refractivity contribution is -0.111. The number of halogens is 1. The van der Waals surface area contributed by atoms with Gasteiger partial charge in [-0.2, -0.15) is 0 Å². The molecule has 2 aromatic carbocycles. The minimum absolute atomic E-state index is 0.216. The van der Waals surface area contributed by atoms with Gasteiger partial charge in [0.15, 0.2) is 0 Å². The highest BCUT2D eigenvalue weighted by Gasteiger charge is 2.05. The molecule has 0 spiro atoms. The van der Waals surface area contributed by atoms with Gasteiger partial charge < -0.3 is 10.6 Å². The van der Waals surface area contributed by atoms with E-state index in [0.29, 0.717) is 16.5 Å². The number of nitrogens with one attached hydrogen (secondary N) is 2. The second-order valence-electron chi connectivity index (χ2n) is 6.68. The average Bonchev–Trinajstić information content (AvgIpc) is 3.21. The summed E-state index contributed by atoms with van der Waals surface area (Å²) in [6, 6.07) is 16.5. The van der Waals surface area contributed by atoms with Gasteiger partial charge in [0.05, 0.1) is 0 Å². The molecule has 0 unspecified atom stereocenters. The van der Waals surface area contributed by atoms with Crippen molar-refractivity contribution in [3.63, 3.8) is 0 Å². The van der Waals surface area contributed by atoms with E-state index in [1.807, 2.05) is 60.2 Å². The molecular weight excluding hydrogens is 412 g/mol. The van der Waals surface area contributed by atoms with Crippen LogP contribution >= 0.6 is 11.6 Å². The molecule has 0 radical (unpaired) electrons. The Balaban J connectivity index is 1.38. The molecule has 2 N–H and O–H groups in total. The van der Waals surface area contributed by atoms with Gasteiger partial charge >= 0.3 is 0 Å².